The lowest BCUT2D eigenvalue weighted by atomic mass is 9.97. The van der Waals surface area contributed by atoms with Gasteiger partial charge in [0.1, 0.15) is 17.5 Å². The van der Waals surface area contributed by atoms with Crippen molar-refractivity contribution in [3.8, 4) is 0 Å². The van der Waals surface area contributed by atoms with Gasteiger partial charge < -0.3 is 10.7 Å². The molecule has 0 bridgehead atoms. The van der Waals surface area contributed by atoms with Crippen LogP contribution in [0.25, 0.3) is 0 Å². The molecule has 1 aliphatic carbocycles. The molecule has 1 fully saturated rings. The van der Waals surface area contributed by atoms with E-state index in [0.717, 1.165) is 24.5 Å². The number of hydrazine groups is 1. The van der Waals surface area contributed by atoms with Crippen LogP contribution in [0.3, 0.4) is 0 Å². The number of anilines is 2. The molecule has 2 rings (SSSR count). The fourth-order valence-corrected chi connectivity index (χ4v) is 2.88. The standard InChI is InChI=1S/C15H27N5/c1-3-7-13-18-14(10-15(19-13)20-16)17-12-9-6-4-5-8-11(12)2/h10-12H,3-9,16H2,1-2H3,(H2,17,18,19,20). The highest BCUT2D eigenvalue weighted by Gasteiger charge is 2.20. The average Bonchev–Trinajstić information content (AvgIpc) is 2.64. The second-order valence-corrected chi connectivity index (χ2v) is 5.82. The Morgan fingerprint density at radius 2 is 1.95 bits per heavy atom. The van der Waals surface area contributed by atoms with Gasteiger partial charge in [-0.15, -0.1) is 0 Å². The molecule has 1 aliphatic rings. The number of aryl methyl sites for hydroxylation is 1. The first-order valence-corrected chi connectivity index (χ1v) is 7.84. The highest BCUT2D eigenvalue weighted by molar-refractivity contribution is 5.47. The van der Waals surface area contributed by atoms with Crippen LogP contribution in [0.2, 0.25) is 0 Å². The van der Waals surface area contributed by atoms with E-state index < -0.39 is 0 Å². The van der Waals surface area contributed by atoms with E-state index in [-0.39, 0.29) is 0 Å². The Bertz CT molecular complexity index is 421. The van der Waals surface area contributed by atoms with Crippen LogP contribution >= 0.6 is 0 Å². The maximum absolute atomic E-state index is 5.50. The van der Waals surface area contributed by atoms with Crippen molar-refractivity contribution in [3.63, 3.8) is 0 Å². The van der Waals surface area contributed by atoms with Gasteiger partial charge in [0.15, 0.2) is 0 Å². The molecule has 1 aromatic rings. The van der Waals surface area contributed by atoms with Crippen molar-refractivity contribution in [3.05, 3.63) is 11.9 Å². The zero-order valence-corrected chi connectivity index (χ0v) is 12.7. The van der Waals surface area contributed by atoms with E-state index in [1.165, 1.54) is 32.1 Å². The largest absolute Gasteiger partial charge is 0.367 e. The Hall–Kier alpha value is -1.36. The number of hydrogen-bond donors (Lipinski definition) is 3. The lowest BCUT2D eigenvalue weighted by Gasteiger charge is -2.23. The first-order chi connectivity index (χ1) is 9.72. The van der Waals surface area contributed by atoms with Gasteiger partial charge in [-0.1, -0.05) is 33.1 Å². The first-order valence-electron chi connectivity index (χ1n) is 7.84. The molecule has 0 saturated heterocycles. The highest BCUT2D eigenvalue weighted by Crippen LogP contribution is 2.26. The van der Waals surface area contributed by atoms with Gasteiger partial charge in [0.25, 0.3) is 0 Å². The van der Waals surface area contributed by atoms with Crippen LogP contribution < -0.4 is 16.6 Å². The first kappa shape index (κ1) is 15.0. The number of nitrogens with two attached hydrogens (primary N) is 1. The van der Waals surface area contributed by atoms with Gasteiger partial charge in [0, 0.05) is 18.5 Å². The van der Waals surface area contributed by atoms with Crippen LogP contribution in [0.5, 0.6) is 0 Å². The number of nitrogens with zero attached hydrogens (tertiary/aromatic N) is 2. The topological polar surface area (TPSA) is 75.9 Å². The SMILES string of the molecule is CCCc1nc(NN)cc(NC2CCCCCC2C)n1. The van der Waals surface area contributed by atoms with E-state index in [1.54, 1.807) is 0 Å². The van der Waals surface area contributed by atoms with Gasteiger partial charge in [-0.3, -0.25) is 0 Å². The second-order valence-electron chi connectivity index (χ2n) is 5.82. The summed E-state index contributed by atoms with van der Waals surface area (Å²) in [6, 6.07) is 2.41. The molecule has 0 spiro atoms. The monoisotopic (exact) mass is 277 g/mol. The van der Waals surface area contributed by atoms with E-state index in [2.05, 4.69) is 34.6 Å². The third kappa shape index (κ3) is 4.07. The van der Waals surface area contributed by atoms with E-state index in [0.29, 0.717) is 17.8 Å². The minimum atomic E-state index is 0.507. The van der Waals surface area contributed by atoms with Crippen LogP contribution in [0.1, 0.15) is 58.2 Å². The molecule has 0 aromatic carbocycles. The Kier molecular flexibility index (Phi) is 5.59. The molecular formula is C15H27N5. The molecular weight excluding hydrogens is 250 g/mol. The van der Waals surface area contributed by atoms with Crippen LogP contribution in [-0.4, -0.2) is 16.0 Å². The Morgan fingerprint density at radius 1 is 1.20 bits per heavy atom. The summed E-state index contributed by atoms with van der Waals surface area (Å²) < 4.78 is 0. The summed E-state index contributed by atoms with van der Waals surface area (Å²) in [7, 11) is 0. The number of rotatable bonds is 5. The molecule has 1 saturated carbocycles. The molecule has 112 valence electrons. The predicted molar refractivity (Wildman–Crippen MR) is 83.5 cm³/mol. The van der Waals surface area contributed by atoms with Crippen LogP contribution in [-0.2, 0) is 6.42 Å². The lowest BCUT2D eigenvalue weighted by molar-refractivity contribution is 0.455. The summed E-state index contributed by atoms with van der Waals surface area (Å²) in [6.07, 6.45) is 8.43. The Balaban J connectivity index is 2.12. The fourth-order valence-electron chi connectivity index (χ4n) is 2.88. The summed E-state index contributed by atoms with van der Waals surface area (Å²) in [5.41, 5.74) is 2.64. The molecule has 1 aromatic heterocycles. The van der Waals surface area contributed by atoms with E-state index >= 15 is 0 Å². The van der Waals surface area contributed by atoms with Gasteiger partial charge >= 0.3 is 0 Å². The van der Waals surface area contributed by atoms with Crippen molar-refractivity contribution in [2.45, 2.75) is 64.8 Å². The average molecular weight is 277 g/mol. The number of nitrogens with one attached hydrogen (secondary N) is 2. The van der Waals surface area contributed by atoms with Gasteiger partial charge in [-0.25, -0.2) is 15.8 Å². The Morgan fingerprint density at radius 3 is 2.70 bits per heavy atom. The second kappa shape index (κ2) is 7.43. The summed E-state index contributed by atoms with van der Waals surface area (Å²) >= 11 is 0. The van der Waals surface area contributed by atoms with E-state index in [1.807, 2.05) is 6.07 Å². The molecule has 20 heavy (non-hydrogen) atoms. The van der Waals surface area contributed by atoms with Gasteiger partial charge in [-0.2, -0.15) is 0 Å². The highest BCUT2D eigenvalue weighted by atomic mass is 15.3. The predicted octanol–water partition coefficient (Wildman–Crippen LogP) is 3.10. The number of aromatic nitrogens is 2. The normalized spacial score (nSPS) is 23.1. The van der Waals surface area contributed by atoms with Gasteiger partial charge in [0.2, 0.25) is 0 Å². The third-order valence-corrected chi connectivity index (χ3v) is 4.09. The van der Waals surface area contributed by atoms with Crippen molar-refractivity contribution >= 4 is 11.6 Å². The molecule has 0 radical (unpaired) electrons. The molecule has 2 atom stereocenters. The summed E-state index contributed by atoms with van der Waals surface area (Å²) in [5, 5.41) is 3.60. The number of hydrogen-bond acceptors (Lipinski definition) is 5. The minimum Gasteiger partial charge on any atom is -0.367 e. The minimum absolute atomic E-state index is 0.507. The Labute approximate surface area is 121 Å². The van der Waals surface area contributed by atoms with Gasteiger partial charge in [-0.05, 0) is 25.2 Å². The summed E-state index contributed by atoms with van der Waals surface area (Å²) in [4.78, 5) is 9.00. The maximum Gasteiger partial charge on any atom is 0.145 e. The van der Waals surface area contributed by atoms with Crippen LogP contribution in [0, 0.1) is 5.92 Å². The molecule has 0 aliphatic heterocycles. The van der Waals surface area contributed by atoms with Crippen molar-refractivity contribution < 1.29 is 0 Å². The summed E-state index contributed by atoms with van der Waals surface area (Å²) in [6.45, 7) is 4.46. The molecule has 5 nitrogen and oxygen atoms in total. The van der Waals surface area contributed by atoms with Crippen molar-refractivity contribution in [2.24, 2.45) is 11.8 Å². The quantitative estimate of drug-likeness (QED) is 0.438. The fraction of sp³-hybridized carbons (Fsp3) is 0.733. The zero-order valence-electron chi connectivity index (χ0n) is 12.7. The van der Waals surface area contributed by atoms with E-state index in [9.17, 15) is 0 Å². The third-order valence-electron chi connectivity index (χ3n) is 4.09. The lowest BCUT2D eigenvalue weighted by Crippen LogP contribution is -2.27. The molecule has 2 unspecified atom stereocenters. The van der Waals surface area contributed by atoms with Crippen molar-refractivity contribution in [1.29, 1.82) is 0 Å². The van der Waals surface area contributed by atoms with Gasteiger partial charge in [0.05, 0.1) is 0 Å². The maximum atomic E-state index is 5.50. The van der Waals surface area contributed by atoms with E-state index in [4.69, 9.17) is 5.84 Å². The van der Waals surface area contributed by atoms with Crippen molar-refractivity contribution in [1.82, 2.24) is 9.97 Å². The summed E-state index contributed by atoms with van der Waals surface area (Å²) in [5.74, 6) is 8.63. The van der Waals surface area contributed by atoms with Crippen molar-refractivity contribution in [2.75, 3.05) is 10.7 Å². The van der Waals surface area contributed by atoms with Crippen LogP contribution in [0.4, 0.5) is 11.6 Å². The number of nitrogen functional groups attached to an aromatic ring is 1. The smallest absolute Gasteiger partial charge is 0.145 e. The zero-order chi connectivity index (χ0) is 14.4. The molecule has 5 heteroatoms. The van der Waals surface area contributed by atoms with Crippen LogP contribution in [0.15, 0.2) is 6.07 Å². The molecule has 1 heterocycles. The molecule has 0 amide bonds. The molecule has 4 N–H and O–H groups in total.